The second kappa shape index (κ2) is 7.70. The van der Waals surface area contributed by atoms with Crippen LogP contribution in [-0.4, -0.2) is 50.1 Å². The number of hydrogen-bond donors (Lipinski definition) is 2. The van der Waals surface area contributed by atoms with E-state index in [0.29, 0.717) is 18.7 Å². The molecular weight excluding hydrogens is 320 g/mol. The predicted molar refractivity (Wildman–Crippen MR) is 94.1 cm³/mol. The van der Waals surface area contributed by atoms with Crippen LogP contribution in [0.3, 0.4) is 0 Å². The molecule has 0 atom stereocenters. The Labute approximate surface area is 147 Å². The normalized spacial score (nSPS) is 20.4. The van der Waals surface area contributed by atoms with Gasteiger partial charge in [-0.2, -0.15) is 0 Å². The summed E-state index contributed by atoms with van der Waals surface area (Å²) in [6, 6.07) is 5.68. The van der Waals surface area contributed by atoms with Crippen molar-refractivity contribution in [2.24, 2.45) is 5.92 Å². The molecule has 2 aromatic rings. The number of fused-ring (bicyclic) bond motifs is 1. The number of esters is 1. The minimum absolute atomic E-state index is 0.0175. The fraction of sp³-hybridized carbons (Fsp3) is 0.474. The lowest BCUT2D eigenvalue weighted by atomic mass is 9.96. The quantitative estimate of drug-likeness (QED) is 0.610. The summed E-state index contributed by atoms with van der Waals surface area (Å²) in [5.74, 6) is 0.737. The van der Waals surface area contributed by atoms with E-state index in [9.17, 15) is 9.59 Å². The summed E-state index contributed by atoms with van der Waals surface area (Å²) in [5, 5.41) is 0.894. The molecule has 6 heteroatoms. The number of ketones is 1. The van der Waals surface area contributed by atoms with Gasteiger partial charge in [-0.1, -0.05) is 0 Å². The van der Waals surface area contributed by atoms with E-state index in [0.717, 1.165) is 42.6 Å². The Morgan fingerprint density at radius 3 is 2.72 bits per heavy atom. The van der Waals surface area contributed by atoms with Crippen molar-refractivity contribution in [3.63, 3.8) is 0 Å². The minimum atomic E-state index is -0.100. The van der Waals surface area contributed by atoms with E-state index in [-0.39, 0.29) is 17.7 Å². The first kappa shape index (κ1) is 17.5. The van der Waals surface area contributed by atoms with Crippen molar-refractivity contribution in [2.75, 3.05) is 33.4 Å². The fourth-order valence-corrected chi connectivity index (χ4v) is 3.48. The summed E-state index contributed by atoms with van der Waals surface area (Å²) in [4.78, 5) is 28.9. The number of methoxy groups -OCH3 is 1. The summed E-state index contributed by atoms with van der Waals surface area (Å²) < 4.78 is 10.4. The number of H-pyrrole nitrogens is 1. The largest absolute Gasteiger partial charge is 0.497 e. The van der Waals surface area contributed by atoms with E-state index < -0.39 is 0 Å². The van der Waals surface area contributed by atoms with E-state index in [2.05, 4.69) is 4.98 Å². The molecule has 2 heterocycles. The van der Waals surface area contributed by atoms with Crippen molar-refractivity contribution < 1.29 is 24.0 Å². The highest BCUT2D eigenvalue weighted by Crippen LogP contribution is 2.23. The van der Waals surface area contributed by atoms with Crippen molar-refractivity contribution in [1.82, 2.24) is 4.98 Å². The molecule has 6 nitrogen and oxygen atoms in total. The van der Waals surface area contributed by atoms with Crippen LogP contribution in [0.25, 0.3) is 10.9 Å². The average molecular weight is 345 g/mol. The molecule has 0 amide bonds. The standard InChI is InChI=1S/C19H24N2O4/c1-3-25-19(23)13-6-8-21(9-7-13)12-18(22)16-11-20-17-5-4-14(24-2)10-15(16)17/h4-5,10-11,13,20H,3,6-9,12H2,1-2H3/p+1. The van der Waals surface area contributed by atoms with Gasteiger partial charge in [-0.3, -0.25) is 9.59 Å². The first-order valence-corrected chi connectivity index (χ1v) is 8.81. The Bertz CT molecular complexity index is 760. The summed E-state index contributed by atoms with van der Waals surface area (Å²) in [6.45, 7) is 4.34. The van der Waals surface area contributed by atoms with Gasteiger partial charge in [-0.05, 0) is 25.1 Å². The fourth-order valence-electron chi connectivity index (χ4n) is 3.48. The Kier molecular flexibility index (Phi) is 5.38. The minimum Gasteiger partial charge on any atom is -0.497 e. The molecule has 2 N–H and O–H groups in total. The van der Waals surface area contributed by atoms with E-state index in [4.69, 9.17) is 9.47 Å². The van der Waals surface area contributed by atoms with Crippen molar-refractivity contribution in [1.29, 1.82) is 0 Å². The number of carbonyl (C=O) groups excluding carboxylic acids is 2. The molecule has 1 aromatic carbocycles. The van der Waals surface area contributed by atoms with E-state index in [1.54, 1.807) is 13.3 Å². The molecule has 1 fully saturated rings. The Morgan fingerprint density at radius 2 is 2.04 bits per heavy atom. The topological polar surface area (TPSA) is 72.8 Å². The van der Waals surface area contributed by atoms with Crippen LogP contribution in [0.1, 0.15) is 30.1 Å². The molecule has 0 bridgehead atoms. The SMILES string of the molecule is CCOC(=O)C1CC[NH+](CC(=O)c2c[nH]c3ccc(OC)cc23)CC1. The van der Waals surface area contributed by atoms with Crippen LogP contribution < -0.4 is 9.64 Å². The number of aromatic nitrogens is 1. The maximum atomic E-state index is 12.7. The molecule has 0 spiro atoms. The summed E-state index contributed by atoms with van der Waals surface area (Å²) in [7, 11) is 1.62. The highest BCUT2D eigenvalue weighted by Gasteiger charge is 2.30. The number of nitrogens with one attached hydrogen (secondary N) is 2. The monoisotopic (exact) mass is 345 g/mol. The lowest BCUT2D eigenvalue weighted by molar-refractivity contribution is -0.897. The summed E-state index contributed by atoms with van der Waals surface area (Å²) >= 11 is 0. The van der Waals surface area contributed by atoms with Gasteiger partial charge in [0, 0.05) is 35.5 Å². The number of likely N-dealkylation sites (tertiary alicyclic amines) is 1. The third-order valence-corrected chi connectivity index (χ3v) is 4.91. The zero-order chi connectivity index (χ0) is 17.8. The van der Waals surface area contributed by atoms with Crippen molar-refractivity contribution >= 4 is 22.7 Å². The molecule has 1 aromatic heterocycles. The third-order valence-electron chi connectivity index (χ3n) is 4.91. The van der Waals surface area contributed by atoms with Gasteiger partial charge in [0.2, 0.25) is 5.78 Å². The molecule has 0 unspecified atom stereocenters. The van der Waals surface area contributed by atoms with Gasteiger partial charge in [-0.25, -0.2) is 0 Å². The third kappa shape index (κ3) is 3.85. The molecule has 0 aliphatic carbocycles. The average Bonchev–Trinajstić information content (AvgIpc) is 3.05. The highest BCUT2D eigenvalue weighted by molar-refractivity contribution is 6.08. The zero-order valence-electron chi connectivity index (χ0n) is 14.8. The van der Waals surface area contributed by atoms with Crippen molar-refractivity contribution in [3.8, 4) is 5.75 Å². The van der Waals surface area contributed by atoms with Gasteiger partial charge in [0.1, 0.15) is 12.3 Å². The molecule has 1 aliphatic rings. The molecule has 134 valence electrons. The van der Waals surface area contributed by atoms with Crippen molar-refractivity contribution in [2.45, 2.75) is 19.8 Å². The number of rotatable bonds is 6. The Morgan fingerprint density at radius 1 is 1.28 bits per heavy atom. The highest BCUT2D eigenvalue weighted by atomic mass is 16.5. The Balaban J connectivity index is 1.63. The molecule has 3 rings (SSSR count). The summed E-state index contributed by atoms with van der Waals surface area (Å²) in [5.41, 5.74) is 1.63. The second-order valence-corrected chi connectivity index (χ2v) is 6.49. The molecule has 25 heavy (non-hydrogen) atoms. The lowest BCUT2D eigenvalue weighted by Gasteiger charge is -2.27. The molecule has 1 saturated heterocycles. The predicted octanol–water partition coefficient (Wildman–Crippen LogP) is 1.22. The van der Waals surface area contributed by atoms with Gasteiger partial charge < -0.3 is 19.4 Å². The van der Waals surface area contributed by atoms with Crippen molar-refractivity contribution in [3.05, 3.63) is 30.0 Å². The zero-order valence-corrected chi connectivity index (χ0v) is 14.8. The molecule has 0 saturated carbocycles. The van der Waals surface area contributed by atoms with Gasteiger partial charge in [0.15, 0.2) is 0 Å². The lowest BCUT2D eigenvalue weighted by Crippen LogP contribution is -3.14. The number of hydrogen-bond acceptors (Lipinski definition) is 4. The van der Waals surface area contributed by atoms with Gasteiger partial charge >= 0.3 is 5.97 Å². The first-order chi connectivity index (χ1) is 12.1. The number of Topliss-reactive ketones (excluding diaryl/α,β-unsaturated/α-hetero) is 1. The van der Waals surface area contributed by atoms with E-state index in [1.807, 2.05) is 25.1 Å². The smallest absolute Gasteiger partial charge is 0.309 e. The number of carbonyl (C=O) groups is 2. The van der Waals surface area contributed by atoms with Crippen LogP contribution in [-0.2, 0) is 9.53 Å². The number of aromatic amines is 1. The van der Waals surface area contributed by atoms with E-state index >= 15 is 0 Å². The van der Waals surface area contributed by atoms with Crippen LogP contribution in [0.4, 0.5) is 0 Å². The van der Waals surface area contributed by atoms with Crippen LogP contribution in [0.5, 0.6) is 5.75 Å². The van der Waals surface area contributed by atoms with Gasteiger partial charge in [0.25, 0.3) is 0 Å². The summed E-state index contributed by atoms with van der Waals surface area (Å²) in [6.07, 6.45) is 3.34. The second-order valence-electron chi connectivity index (χ2n) is 6.49. The number of ether oxygens (including phenoxy) is 2. The maximum absolute atomic E-state index is 12.7. The first-order valence-electron chi connectivity index (χ1n) is 8.81. The van der Waals surface area contributed by atoms with Gasteiger partial charge in [-0.15, -0.1) is 0 Å². The van der Waals surface area contributed by atoms with Crippen LogP contribution in [0, 0.1) is 5.92 Å². The van der Waals surface area contributed by atoms with Crippen LogP contribution >= 0.6 is 0 Å². The van der Waals surface area contributed by atoms with Crippen LogP contribution in [0.2, 0.25) is 0 Å². The molecular formula is C19H25N2O4+. The van der Waals surface area contributed by atoms with Crippen LogP contribution in [0.15, 0.2) is 24.4 Å². The van der Waals surface area contributed by atoms with Gasteiger partial charge in [0.05, 0.1) is 32.7 Å². The van der Waals surface area contributed by atoms with E-state index in [1.165, 1.54) is 4.90 Å². The number of quaternary nitrogens is 1. The molecule has 0 radical (unpaired) electrons. The number of piperidine rings is 1. The Hall–Kier alpha value is -2.34. The molecule has 1 aliphatic heterocycles. The number of benzene rings is 1. The maximum Gasteiger partial charge on any atom is 0.309 e.